The summed E-state index contributed by atoms with van der Waals surface area (Å²) >= 11 is 1.25. The van der Waals surface area contributed by atoms with E-state index in [0.29, 0.717) is 16.4 Å². The highest BCUT2D eigenvalue weighted by Gasteiger charge is 2.24. The highest BCUT2D eigenvalue weighted by atomic mass is 32.1. The molecule has 0 aliphatic carbocycles. The molecule has 5 nitrogen and oxygen atoms in total. The van der Waals surface area contributed by atoms with E-state index < -0.39 is 11.7 Å². The van der Waals surface area contributed by atoms with Crippen LogP contribution in [0, 0.1) is 6.92 Å². The van der Waals surface area contributed by atoms with Crippen molar-refractivity contribution in [2.24, 2.45) is 0 Å². The summed E-state index contributed by atoms with van der Waals surface area (Å²) in [6.07, 6.45) is 0. The third-order valence-electron chi connectivity index (χ3n) is 3.39. The van der Waals surface area contributed by atoms with Gasteiger partial charge in [0.05, 0.1) is 13.7 Å². The zero-order valence-electron chi connectivity index (χ0n) is 12.7. The van der Waals surface area contributed by atoms with E-state index in [1.807, 2.05) is 31.2 Å². The molecule has 118 valence electrons. The predicted molar refractivity (Wildman–Crippen MR) is 88.0 cm³/mol. The van der Waals surface area contributed by atoms with Gasteiger partial charge in [0.15, 0.2) is 0 Å². The summed E-state index contributed by atoms with van der Waals surface area (Å²) in [5.74, 6) is 0.522. The standard InChI is InChI=1S/C17H15NO4S/c1-10-7-8-11(22-10)9-18-17(20)14(19)16-15(21-2)12-5-3-4-6-13(12)23-16/h3-8H,9H2,1-2H3,(H,18,20). The monoisotopic (exact) mass is 329 g/mol. The van der Waals surface area contributed by atoms with Crippen LogP contribution in [0.5, 0.6) is 5.75 Å². The topological polar surface area (TPSA) is 68.5 Å². The van der Waals surface area contributed by atoms with E-state index in [2.05, 4.69) is 5.32 Å². The number of fused-ring (bicyclic) bond motifs is 1. The Morgan fingerprint density at radius 1 is 1.22 bits per heavy atom. The van der Waals surface area contributed by atoms with E-state index >= 15 is 0 Å². The van der Waals surface area contributed by atoms with Crippen molar-refractivity contribution in [1.29, 1.82) is 0 Å². The molecule has 0 atom stereocenters. The summed E-state index contributed by atoms with van der Waals surface area (Å²) < 4.78 is 11.6. The number of carbonyl (C=O) groups excluding carboxylic acids is 2. The van der Waals surface area contributed by atoms with Gasteiger partial charge in [-0.1, -0.05) is 12.1 Å². The molecule has 6 heteroatoms. The van der Waals surface area contributed by atoms with Gasteiger partial charge in [0.25, 0.3) is 11.7 Å². The molecule has 0 aliphatic rings. The summed E-state index contributed by atoms with van der Waals surface area (Å²) in [6.45, 7) is 1.99. The maximum absolute atomic E-state index is 12.4. The minimum atomic E-state index is -0.677. The average molecular weight is 329 g/mol. The lowest BCUT2D eigenvalue weighted by Gasteiger charge is -2.03. The summed E-state index contributed by atoms with van der Waals surface area (Å²) in [6, 6.07) is 11.1. The Kier molecular flexibility index (Phi) is 4.16. The molecule has 2 heterocycles. The number of furan rings is 1. The molecule has 0 unspecified atom stereocenters. The first-order chi connectivity index (χ1) is 11.1. The highest BCUT2D eigenvalue weighted by molar-refractivity contribution is 7.22. The number of ether oxygens (including phenoxy) is 1. The minimum absolute atomic E-state index is 0.172. The van der Waals surface area contributed by atoms with E-state index in [-0.39, 0.29) is 6.54 Å². The molecule has 2 aromatic heterocycles. The van der Waals surface area contributed by atoms with Gasteiger partial charge in [-0.25, -0.2) is 0 Å². The number of benzene rings is 1. The van der Waals surface area contributed by atoms with Crippen molar-refractivity contribution in [3.8, 4) is 5.75 Å². The Bertz CT molecular complexity index is 878. The molecule has 1 N–H and O–H groups in total. The summed E-state index contributed by atoms with van der Waals surface area (Å²) in [5.41, 5.74) is 0. The van der Waals surface area contributed by atoms with Crippen LogP contribution < -0.4 is 10.1 Å². The lowest BCUT2D eigenvalue weighted by Crippen LogP contribution is -2.30. The zero-order chi connectivity index (χ0) is 16.4. The molecule has 0 radical (unpaired) electrons. The fourth-order valence-electron chi connectivity index (χ4n) is 2.30. The first kappa shape index (κ1) is 15.3. The molecular formula is C17H15NO4S. The number of amides is 1. The van der Waals surface area contributed by atoms with Gasteiger partial charge in [-0.3, -0.25) is 9.59 Å². The highest BCUT2D eigenvalue weighted by Crippen LogP contribution is 2.37. The number of rotatable bonds is 5. The van der Waals surface area contributed by atoms with Crippen molar-refractivity contribution in [3.05, 3.63) is 52.8 Å². The Morgan fingerprint density at radius 3 is 2.70 bits per heavy atom. The molecule has 0 aliphatic heterocycles. The Labute approximate surface area is 136 Å². The SMILES string of the molecule is COc1c(C(=O)C(=O)NCc2ccc(C)o2)sc2ccccc12. The van der Waals surface area contributed by atoms with Gasteiger partial charge in [0.2, 0.25) is 0 Å². The van der Waals surface area contributed by atoms with E-state index in [0.717, 1.165) is 15.8 Å². The van der Waals surface area contributed by atoms with Crippen molar-refractivity contribution in [2.45, 2.75) is 13.5 Å². The van der Waals surface area contributed by atoms with Crippen molar-refractivity contribution >= 4 is 33.1 Å². The molecule has 0 fully saturated rings. The fraction of sp³-hybridized carbons (Fsp3) is 0.176. The van der Waals surface area contributed by atoms with Crippen molar-refractivity contribution in [1.82, 2.24) is 5.32 Å². The largest absolute Gasteiger partial charge is 0.494 e. The lowest BCUT2D eigenvalue weighted by atomic mass is 10.2. The lowest BCUT2D eigenvalue weighted by molar-refractivity contribution is -0.117. The second-order valence-corrected chi connectivity index (χ2v) is 6.04. The third kappa shape index (κ3) is 2.98. The summed E-state index contributed by atoms with van der Waals surface area (Å²) in [7, 11) is 1.49. The van der Waals surface area contributed by atoms with E-state index in [1.54, 1.807) is 12.1 Å². The molecule has 3 rings (SSSR count). The number of ketones is 1. The molecule has 23 heavy (non-hydrogen) atoms. The van der Waals surface area contributed by atoms with Crippen molar-refractivity contribution < 1.29 is 18.7 Å². The van der Waals surface area contributed by atoms with E-state index in [4.69, 9.17) is 9.15 Å². The number of hydrogen-bond donors (Lipinski definition) is 1. The van der Waals surface area contributed by atoms with Gasteiger partial charge in [0, 0.05) is 10.1 Å². The molecule has 0 bridgehead atoms. The second-order valence-electron chi connectivity index (χ2n) is 4.98. The molecule has 1 aromatic carbocycles. The van der Waals surface area contributed by atoms with Crippen LogP contribution in [0.3, 0.4) is 0 Å². The number of aryl methyl sites for hydroxylation is 1. The normalized spacial score (nSPS) is 10.7. The predicted octanol–water partition coefficient (Wildman–Crippen LogP) is 3.31. The number of carbonyl (C=O) groups is 2. The van der Waals surface area contributed by atoms with Crippen LogP contribution in [0.25, 0.3) is 10.1 Å². The van der Waals surface area contributed by atoms with Crippen LogP contribution >= 0.6 is 11.3 Å². The number of Topliss-reactive ketones (excluding diaryl/α,β-unsaturated/α-hetero) is 1. The Morgan fingerprint density at radius 2 is 2.00 bits per heavy atom. The van der Waals surface area contributed by atoms with Crippen LogP contribution in [-0.2, 0) is 11.3 Å². The van der Waals surface area contributed by atoms with Gasteiger partial charge in [-0.15, -0.1) is 11.3 Å². The minimum Gasteiger partial charge on any atom is -0.494 e. The molecule has 1 amide bonds. The average Bonchev–Trinajstić information content (AvgIpc) is 3.14. The first-order valence-electron chi connectivity index (χ1n) is 7.03. The van der Waals surface area contributed by atoms with Crippen molar-refractivity contribution in [3.63, 3.8) is 0 Å². The fourth-order valence-corrected chi connectivity index (χ4v) is 3.41. The third-order valence-corrected chi connectivity index (χ3v) is 4.54. The quantitative estimate of drug-likeness (QED) is 0.576. The Balaban J connectivity index is 1.80. The van der Waals surface area contributed by atoms with Gasteiger partial charge < -0.3 is 14.5 Å². The van der Waals surface area contributed by atoms with Crippen LogP contribution in [0.1, 0.15) is 21.2 Å². The van der Waals surface area contributed by atoms with Gasteiger partial charge in [-0.05, 0) is 31.2 Å². The molecule has 0 spiro atoms. The summed E-state index contributed by atoms with van der Waals surface area (Å²) in [5, 5.41) is 3.41. The maximum Gasteiger partial charge on any atom is 0.293 e. The number of nitrogens with one attached hydrogen (secondary N) is 1. The van der Waals surface area contributed by atoms with E-state index in [9.17, 15) is 9.59 Å². The molecule has 3 aromatic rings. The zero-order valence-corrected chi connectivity index (χ0v) is 13.5. The molecule has 0 saturated heterocycles. The van der Waals surface area contributed by atoms with Crippen LogP contribution in [0.2, 0.25) is 0 Å². The van der Waals surface area contributed by atoms with Crippen LogP contribution in [0.4, 0.5) is 0 Å². The van der Waals surface area contributed by atoms with Crippen LogP contribution in [0.15, 0.2) is 40.8 Å². The number of thiophene rings is 1. The smallest absolute Gasteiger partial charge is 0.293 e. The molecule has 0 saturated carbocycles. The van der Waals surface area contributed by atoms with Crippen LogP contribution in [-0.4, -0.2) is 18.8 Å². The first-order valence-corrected chi connectivity index (χ1v) is 7.85. The van der Waals surface area contributed by atoms with Crippen molar-refractivity contribution in [2.75, 3.05) is 7.11 Å². The van der Waals surface area contributed by atoms with Gasteiger partial charge >= 0.3 is 0 Å². The van der Waals surface area contributed by atoms with Gasteiger partial charge in [0.1, 0.15) is 22.1 Å². The van der Waals surface area contributed by atoms with E-state index in [1.165, 1.54) is 18.4 Å². The number of methoxy groups -OCH3 is 1. The van der Waals surface area contributed by atoms with Gasteiger partial charge in [-0.2, -0.15) is 0 Å². The Hall–Kier alpha value is -2.60. The molecular weight excluding hydrogens is 314 g/mol. The maximum atomic E-state index is 12.4. The number of hydrogen-bond acceptors (Lipinski definition) is 5. The second kappa shape index (κ2) is 6.26. The summed E-state index contributed by atoms with van der Waals surface area (Å²) in [4.78, 5) is 24.8.